The average molecular weight is 289 g/mol. The molecule has 0 heterocycles. The van der Waals surface area contributed by atoms with E-state index in [1.165, 1.54) is 25.3 Å². The summed E-state index contributed by atoms with van der Waals surface area (Å²) in [5, 5.41) is 2.98. The Morgan fingerprint density at radius 3 is 2.48 bits per heavy atom. The molecular weight excluding hydrogens is 273 g/mol. The van der Waals surface area contributed by atoms with E-state index in [9.17, 15) is 9.18 Å². The van der Waals surface area contributed by atoms with Gasteiger partial charge in [0.1, 0.15) is 5.75 Å². The minimum absolute atomic E-state index is 0.0478. The lowest BCUT2D eigenvalue weighted by atomic mass is 10.1. The molecule has 0 atom stereocenters. The zero-order valence-corrected chi connectivity index (χ0v) is 11.9. The van der Waals surface area contributed by atoms with Crippen LogP contribution in [0.3, 0.4) is 0 Å². The van der Waals surface area contributed by atoms with Gasteiger partial charge in [-0.3, -0.25) is 4.79 Å². The van der Waals surface area contributed by atoms with Crippen LogP contribution in [0.25, 0.3) is 0 Å². The third-order valence-corrected chi connectivity index (χ3v) is 3.02. The number of para-hydroxylation sites is 2. The molecule has 5 heteroatoms. The van der Waals surface area contributed by atoms with Crippen molar-refractivity contribution < 1.29 is 18.7 Å². The predicted molar refractivity (Wildman–Crippen MR) is 78.8 cm³/mol. The van der Waals surface area contributed by atoms with Crippen molar-refractivity contribution in [1.82, 2.24) is 0 Å². The summed E-state index contributed by atoms with van der Waals surface area (Å²) in [5.41, 5.74) is 0.998. The van der Waals surface area contributed by atoms with Crippen molar-refractivity contribution >= 4 is 11.5 Å². The maximum Gasteiger partial charge on any atom is 0.181 e. The summed E-state index contributed by atoms with van der Waals surface area (Å²) >= 11 is 0. The normalized spacial score (nSPS) is 10.0. The zero-order chi connectivity index (χ0) is 15.2. The Morgan fingerprint density at radius 2 is 1.81 bits per heavy atom. The van der Waals surface area contributed by atoms with Gasteiger partial charge in [-0.15, -0.1) is 0 Å². The smallest absolute Gasteiger partial charge is 0.181 e. The summed E-state index contributed by atoms with van der Waals surface area (Å²) in [4.78, 5) is 12.1. The van der Waals surface area contributed by atoms with E-state index in [1.807, 2.05) is 12.1 Å². The molecule has 0 radical (unpaired) electrons. The van der Waals surface area contributed by atoms with Crippen molar-refractivity contribution in [2.45, 2.75) is 0 Å². The Kier molecular flexibility index (Phi) is 4.77. The minimum atomic E-state index is -0.555. The van der Waals surface area contributed by atoms with Crippen molar-refractivity contribution in [3.63, 3.8) is 0 Å². The number of rotatable bonds is 6. The number of carbonyl (C=O) groups is 1. The van der Waals surface area contributed by atoms with Crippen LogP contribution in [-0.2, 0) is 0 Å². The van der Waals surface area contributed by atoms with Crippen molar-refractivity contribution in [2.75, 3.05) is 26.1 Å². The van der Waals surface area contributed by atoms with Crippen LogP contribution in [-0.4, -0.2) is 26.5 Å². The number of hydrogen-bond acceptors (Lipinski definition) is 4. The van der Waals surface area contributed by atoms with Crippen LogP contribution in [0.5, 0.6) is 11.5 Å². The van der Waals surface area contributed by atoms with Crippen LogP contribution in [0, 0.1) is 5.82 Å². The topological polar surface area (TPSA) is 47.6 Å². The molecular formula is C16H16FNO3. The van der Waals surface area contributed by atoms with Gasteiger partial charge >= 0.3 is 0 Å². The van der Waals surface area contributed by atoms with Gasteiger partial charge in [-0.05, 0) is 30.3 Å². The fraction of sp³-hybridized carbons (Fsp3) is 0.188. The lowest BCUT2D eigenvalue weighted by Crippen LogP contribution is -2.14. The molecule has 0 aliphatic rings. The molecule has 0 saturated heterocycles. The van der Waals surface area contributed by atoms with E-state index >= 15 is 0 Å². The van der Waals surface area contributed by atoms with Crippen molar-refractivity contribution in [2.24, 2.45) is 0 Å². The Bertz CT molecular complexity index is 643. The van der Waals surface area contributed by atoms with Crippen molar-refractivity contribution in [1.29, 1.82) is 0 Å². The van der Waals surface area contributed by atoms with Crippen LogP contribution in [0.1, 0.15) is 10.4 Å². The monoisotopic (exact) mass is 289 g/mol. The average Bonchev–Trinajstić information content (AvgIpc) is 2.52. The number of benzene rings is 2. The molecule has 0 saturated carbocycles. The molecule has 4 nitrogen and oxygen atoms in total. The summed E-state index contributed by atoms with van der Waals surface area (Å²) < 4.78 is 23.6. The third-order valence-electron chi connectivity index (χ3n) is 3.02. The number of ether oxygens (including phenoxy) is 2. The second kappa shape index (κ2) is 6.74. The molecule has 0 aliphatic carbocycles. The lowest BCUT2D eigenvalue weighted by Gasteiger charge is -2.10. The molecule has 0 fully saturated rings. The number of carbonyl (C=O) groups excluding carboxylic acids is 1. The lowest BCUT2D eigenvalue weighted by molar-refractivity contribution is 0.101. The number of halogens is 1. The molecule has 2 aromatic rings. The Morgan fingerprint density at radius 1 is 1.10 bits per heavy atom. The third kappa shape index (κ3) is 3.51. The van der Waals surface area contributed by atoms with Crippen LogP contribution < -0.4 is 14.8 Å². The Hall–Kier alpha value is -2.56. The first kappa shape index (κ1) is 14.8. The highest BCUT2D eigenvalue weighted by Gasteiger charge is 2.11. The van der Waals surface area contributed by atoms with Gasteiger partial charge < -0.3 is 14.8 Å². The van der Waals surface area contributed by atoms with Gasteiger partial charge in [0.2, 0.25) is 0 Å². The van der Waals surface area contributed by atoms with E-state index in [1.54, 1.807) is 19.2 Å². The molecule has 2 rings (SSSR count). The molecule has 2 aromatic carbocycles. The van der Waals surface area contributed by atoms with Crippen molar-refractivity contribution in [3.8, 4) is 11.5 Å². The van der Waals surface area contributed by atoms with Gasteiger partial charge in [-0.25, -0.2) is 4.39 Å². The number of nitrogens with one attached hydrogen (secondary N) is 1. The summed E-state index contributed by atoms with van der Waals surface area (Å²) in [5.74, 6) is -0.0152. The van der Waals surface area contributed by atoms with Gasteiger partial charge in [0, 0.05) is 5.56 Å². The van der Waals surface area contributed by atoms with E-state index in [2.05, 4.69) is 5.32 Å². The number of hydrogen-bond donors (Lipinski definition) is 1. The van der Waals surface area contributed by atoms with Crippen molar-refractivity contribution in [3.05, 3.63) is 53.8 Å². The van der Waals surface area contributed by atoms with Gasteiger partial charge in [-0.1, -0.05) is 12.1 Å². The highest BCUT2D eigenvalue weighted by atomic mass is 19.1. The summed E-state index contributed by atoms with van der Waals surface area (Å²) in [6.07, 6.45) is 0. The molecule has 0 spiro atoms. The number of Topliss-reactive ketones (excluding diaryl/α,β-unsaturated/α-hetero) is 1. The number of methoxy groups -OCH3 is 2. The molecule has 0 bridgehead atoms. The minimum Gasteiger partial charge on any atom is -0.495 e. The highest BCUT2D eigenvalue weighted by Crippen LogP contribution is 2.23. The second-order valence-electron chi connectivity index (χ2n) is 4.33. The molecule has 0 aromatic heterocycles. The molecule has 21 heavy (non-hydrogen) atoms. The van der Waals surface area contributed by atoms with Crippen LogP contribution in [0.4, 0.5) is 10.1 Å². The van der Waals surface area contributed by atoms with Gasteiger partial charge in [0.15, 0.2) is 17.3 Å². The summed E-state index contributed by atoms with van der Waals surface area (Å²) in [6.45, 7) is 0.0478. The first-order valence-electron chi connectivity index (χ1n) is 6.39. The summed E-state index contributed by atoms with van der Waals surface area (Å²) in [6, 6.07) is 11.4. The van der Waals surface area contributed by atoms with E-state index in [0.717, 1.165) is 0 Å². The van der Waals surface area contributed by atoms with E-state index in [4.69, 9.17) is 9.47 Å². The summed E-state index contributed by atoms with van der Waals surface area (Å²) in [7, 11) is 2.93. The molecule has 0 aliphatic heterocycles. The largest absolute Gasteiger partial charge is 0.495 e. The molecule has 0 unspecified atom stereocenters. The number of anilines is 1. The van der Waals surface area contributed by atoms with Crippen LogP contribution >= 0.6 is 0 Å². The van der Waals surface area contributed by atoms with Gasteiger partial charge in [-0.2, -0.15) is 0 Å². The zero-order valence-electron chi connectivity index (χ0n) is 11.9. The fourth-order valence-electron chi connectivity index (χ4n) is 1.91. The van der Waals surface area contributed by atoms with Gasteiger partial charge in [0.25, 0.3) is 0 Å². The van der Waals surface area contributed by atoms with Crippen LogP contribution in [0.2, 0.25) is 0 Å². The molecule has 0 amide bonds. The maximum atomic E-state index is 13.6. The number of ketones is 1. The van der Waals surface area contributed by atoms with Crippen LogP contribution in [0.15, 0.2) is 42.5 Å². The van der Waals surface area contributed by atoms with E-state index in [0.29, 0.717) is 11.4 Å². The molecule has 1 N–H and O–H groups in total. The van der Waals surface area contributed by atoms with E-state index in [-0.39, 0.29) is 23.6 Å². The second-order valence-corrected chi connectivity index (χ2v) is 4.33. The first-order chi connectivity index (χ1) is 10.2. The van der Waals surface area contributed by atoms with Gasteiger partial charge in [0.05, 0.1) is 26.5 Å². The first-order valence-corrected chi connectivity index (χ1v) is 6.39. The molecule has 110 valence electrons. The SMILES string of the molecule is COc1ccc(C(=O)CNc2ccccc2OC)cc1F. The quantitative estimate of drug-likeness (QED) is 0.830. The Labute approximate surface area is 122 Å². The van der Waals surface area contributed by atoms with E-state index < -0.39 is 5.82 Å². The Balaban J connectivity index is 2.06. The predicted octanol–water partition coefficient (Wildman–Crippen LogP) is 3.14. The standard InChI is InChI=1S/C16H16FNO3/c1-20-15-8-7-11(9-12(15)17)14(19)10-18-13-5-3-4-6-16(13)21-2/h3-9,18H,10H2,1-2H3. The fourth-order valence-corrected chi connectivity index (χ4v) is 1.91. The maximum absolute atomic E-state index is 13.6. The highest BCUT2D eigenvalue weighted by molar-refractivity contribution is 5.99.